The summed E-state index contributed by atoms with van der Waals surface area (Å²) < 4.78 is 19.8. The Morgan fingerprint density at radius 3 is 2.75 bits per heavy atom. The number of rotatable bonds is 7. The summed E-state index contributed by atoms with van der Waals surface area (Å²) in [6.07, 6.45) is 6.41. The fourth-order valence-electron chi connectivity index (χ4n) is 3.41. The van der Waals surface area contributed by atoms with Crippen molar-refractivity contribution in [2.75, 3.05) is 18.8 Å². The summed E-state index contributed by atoms with van der Waals surface area (Å²) in [5.41, 5.74) is 13.4. The zero-order chi connectivity index (χ0) is 23.3. The van der Waals surface area contributed by atoms with Crippen LogP contribution in [0.25, 0.3) is 5.57 Å². The number of carbonyl (C=O) groups excluding carboxylic acids is 1. The lowest BCUT2D eigenvalue weighted by Crippen LogP contribution is -2.34. The van der Waals surface area contributed by atoms with E-state index < -0.39 is 11.9 Å². The van der Waals surface area contributed by atoms with E-state index >= 15 is 0 Å². The third kappa shape index (κ3) is 5.49. The van der Waals surface area contributed by atoms with E-state index in [1.165, 1.54) is 18.3 Å². The van der Waals surface area contributed by atoms with E-state index in [1.807, 2.05) is 0 Å². The molecule has 0 unspecified atom stereocenters. The number of likely N-dealkylation sites (tertiary alicyclic amines) is 1. The number of allylic oxidation sites excluding steroid dienone is 1. The highest BCUT2D eigenvalue weighted by Crippen LogP contribution is 2.36. The maximum absolute atomic E-state index is 13.9. The number of nitrogen functional groups attached to an aromatic ring is 1. The van der Waals surface area contributed by atoms with Crippen LogP contribution in [0.3, 0.4) is 0 Å². The fraction of sp³-hybridized carbons (Fsp3) is 0.318. The van der Waals surface area contributed by atoms with Gasteiger partial charge in [-0.15, -0.1) is 0 Å². The molecule has 1 aromatic carbocycles. The molecule has 0 bridgehead atoms. The number of carbonyl (C=O) groups is 1. The molecule has 1 amide bonds. The van der Waals surface area contributed by atoms with Gasteiger partial charge in [0, 0.05) is 53.4 Å². The third-order valence-corrected chi connectivity index (χ3v) is 5.97. The van der Waals surface area contributed by atoms with Gasteiger partial charge in [-0.2, -0.15) is 0 Å². The van der Waals surface area contributed by atoms with E-state index in [0.29, 0.717) is 29.8 Å². The molecule has 4 N–H and O–H groups in total. The van der Waals surface area contributed by atoms with Crippen LogP contribution in [-0.2, 0) is 4.79 Å². The minimum Gasteiger partial charge on any atom is -0.482 e. The molecule has 0 radical (unpaired) electrons. The average molecular weight is 480 g/mol. The second kappa shape index (κ2) is 10.7. The van der Waals surface area contributed by atoms with E-state index in [4.69, 9.17) is 39.4 Å². The molecule has 1 atom stereocenters. The molecule has 1 aliphatic heterocycles. The highest BCUT2D eigenvalue weighted by atomic mass is 35.5. The van der Waals surface area contributed by atoms with Crippen molar-refractivity contribution in [2.45, 2.75) is 31.9 Å². The first-order valence-corrected chi connectivity index (χ1v) is 10.8. The van der Waals surface area contributed by atoms with E-state index in [-0.39, 0.29) is 27.7 Å². The zero-order valence-corrected chi connectivity index (χ0v) is 19.0. The quantitative estimate of drug-likeness (QED) is 0.350. The summed E-state index contributed by atoms with van der Waals surface area (Å²) >= 11 is 12.3. The van der Waals surface area contributed by atoms with Gasteiger partial charge in [0.2, 0.25) is 6.41 Å². The Kier molecular flexibility index (Phi) is 7.93. The smallest absolute Gasteiger partial charge is 0.209 e. The summed E-state index contributed by atoms with van der Waals surface area (Å²) in [7, 11) is 0. The van der Waals surface area contributed by atoms with Crippen LogP contribution in [0.5, 0.6) is 5.75 Å². The number of piperidine rings is 1. The van der Waals surface area contributed by atoms with Crippen molar-refractivity contribution < 1.29 is 13.9 Å². The van der Waals surface area contributed by atoms with Gasteiger partial charge in [-0.3, -0.25) is 9.79 Å². The number of hydrogen-bond acceptors (Lipinski definition) is 6. The van der Waals surface area contributed by atoms with Crippen LogP contribution in [0.15, 0.2) is 35.6 Å². The number of hydrogen-bond donors (Lipinski definition) is 2. The fourth-order valence-corrected chi connectivity index (χ4v) is 4.09. The average Bonchev–Trinajstić information content (AvgIpc) is 2.79. The molecule has 0 spiro atoms. The Labute approximate surface area is 195 Å². The molecule has 1 saturated heterocycles. The lowest BCUT2D eigenvalue weighted by atomic mass is 10.1. The first kappa shape index (κ1) is 23.8. The molecule has 1 aromatic heterocycles. The van der Waals surface area contributed by atoms with Gasteiger partial charge in [-0.1, -0.05) is 23.2 Å². The van der Waals surface area contributed by atoms with Crippen molar-refractivity contribution in [3.8, 4) is 5.75 Å². The second-order valence-electron chi connectivity index (χ2n) is 7.40. The number of halogens is 3. The van der Waals surface area contributed by atoms with Gasteiger partial charge in [-0.25, -0.2) is 9.37 Å². The number of aliphatic imine (C=N–C) groups is 1. The van der Waals surface area contributed by atoms with Crippen LogP contribution < -0.4 is 16.2 Å². The summed E-state index contributed by atoms with van der Waals surface area (Å²) in [5.74, 6) is -0.165. The van der Waals surface area contributed by atoms with Crippen LogP contribution in [0, 0.1) is 5.82 Å². The summed E-state index contributed by atoms with van der Waals surface area (Å²) in [4.78, 5) is 21.4. The molecule has 2 aromatic rings. The van der Waals surface area contributed by atoms with E-state index in [9.17, 15) is 9.18 Å². The van der Waals surface area contributed by atoms with Crippen molar-refractivity contribution >= 4 is 47.2 Å². The number of aromatic nitrogens is 1. The van der Waals surface area contributed by atoms with Crippen LogP contribution in [0.4, 0.5) is 10.2 Å². The van der Waals surface area contributed by atoms with E-state index in [1.54, 1.807) is 30.3 Å². The highest BCUT2D eigenvalue weighted by Gasteiger charge is 2.20. The van der Waals surface area contributed by atoms with Crippen molar-refractivity contribution in [3.05, 3.63) is 57.6 Å². The molecule has 1 aliphatic rings. The van der Waals surface area contributed by atoms with E-state index in [0.717, 1.165) is 19.3 Å². The number of amides is 1. The van der Waals surface area contributed by atoms with Crippen LogP contribution in [-0.4, -0.2) is 41.6 Å². The van der Waals surface area contributed by atoms with Crippen molar-refractivity contribution in [1.82, 2.24) is 9.88 Å². The van der Waals surface area contributed by atoms with E-state index in [2.05, 4.69) is 9.98 Å². The molecular weight excluding hydrogens is 456 g/mol. The number of anilines is 1. The van der Waals surface area contributed by atoms with Crippen molar-refractivity contribution in [1.29, 1.82) is 0 Å². The Bertz CT molecular complexity index is 1040. The zero-order valence-electron chi connectivity index (χ0n) is 17.5. The highest BCUT2D eigenvalue weighted by molar-refractivity contribution is 6.36. The number of nitrogens with zero attached hydrogens (tertiary/aromatic N) is 3. The van der Waals surface area contributed by atoms with Crippen molar-refractivity contribution in [2.24, 2.45) is 10.7 Å². The molecule has 7 nitrogen and oxygen atoms in total. The lowest BCUT2D eigenvalue weighted by Gasteiger charge is -2.26. The molecule has 170 valence electrons. The monoisotopic (exact) mass is 479 g/mol. The molecule has 0 aliphatic carbocycles. The molecule has 32 heavy (non-hydrogen) atoms. The van der Waals surface area contributed by atoms with Crippen LogP contribution >= 0.6 is 23.2 Å². The van der Waals surface area contributed by atoms with Gasteiger partial charge in [0.25, 0.3) is 0 Å². The number of benzene rings is 1. The van der Waals surface area contributed by atoms with Crippen LogP contribution in [0.2, 0.25) is 10.0 Å². The number of pyridine rings is 1. The van der Waals surface area contributed by atoms with Crippen molar-refractivity contribution in [3.63, 3.8) is 0 Å². The Balaban J connectivity index is 1.78. The Morgan fingerprint density at radius 1 is 1.38 bits per heavy atom. The Hall–Kier alpha value is -2.84. The van der Waals surface area contributed by atoms with Crippen LogP contribution in [0.1, 0.15) is 37.0 Å². The number of nitrogens with two attached hydrogens (primary N) is 2. The maximum Gasteiger partial charge on any atom is 0.209 e. The largest absolute Gasteiger partial charge is 0.482 e. The molecule has 0 saturated carbocycles. The summed E-state index contributed by atoms with van der Waals surface area (Å²) in [6, 6.07) is 4.40. The molecule has 3 rings (SSSR count). The Morgan fingerprint density at radius 2 is 2.09 bits per heavy atom. The van der Waals surface area contributed by atoms with Gasteiger partial charge in [0.1, 0.15) is 11.9 Å². The third-order valence-electron chi connectivity index (χ3n) is 5.26. The molecule has 2 heterocycles. The topological polar surface area (TPSA) is 107 Å². The maximum atomic E-state index is 13.9. The lowest BCUT2D eigenvalue weighted by molar-refractivity contribution is -0.119. The predicted octanol–water partition coefficient (Wildman–Crippen LogP) is 4.24. The molecule has 1 fully saturated rings. The predicted molar refractivity (Wildman–Crippen MR) is 125 cm³/mol. The first-order chi connectivity index (χ1) is 15.3. The number of ether oxygens (including phenoxy) is 1. The second-order valence-corrected chi connectivity index (χ2v) is 8.18. The normalized spacial score (nSPS) is 16.4. The molecular formula is C22H24Cl2FN5O2. The SMILES string of the molecule is C[C@@H](Oc1cc(C(C=NC2CCN(C=O)CC2)=CN)cnc1N)c1c(Cl)ccc(F)c1Cl. The minimum atomic E-state index is -0.688. The first-order valence-electron chi connectivity index (χ1n) is 10.0. The van der Waals surface area contributed by atoms with Gasteiger partial charge >= 0.3 is 0 Å². The van der Waals surface area contributed by atoms with Gasteiger partial charge in [-0.05, 0) is 38.0 Å². The summed E-state index contributed by atoms with van der Waals surface area (Å²) in [6.45, 7) is 3.04. The standard InChI is InChI=1S/C22H24Cl2FN5O2/c1-13(20-17(23)2-3-18(25)21(20)24)32-19-8-14(10-29-22(19)27)15(9-26)11-28-16-4-6-30(12-31)7-5-16/h2-3,8-13,16H,4-7,26H2,1H3,(H2,27,29)/t13-/m1/s1. The summed E-state index contributed by atoms with van der Waals surface area (Å²) in [5, 5.41) is 0.171. The van der Waals surface area contributed by atoms with Gasteiger partial charge < -0.3 is 21.1 Å². The van der Waals surface area contributed by atoms with Gasteiger partial charge in [0.05, 0.1) is 11.1 Å². The molecule has 10 heteroatoms. The minimum absolute atomic E-state index is 0.107. The van der Waals surface area contributed by atoms with Gasteiger partial charge in [0.15, 0.2) is 11.6 Å².